The number of hydrogen-bond acceptors (Lipinski definition) is 8. The lowest BCUT2D eigenvalue weighted by atomic mass is 9.97. The Bertz CT molecular complexity index is 771. The van der Waals surface area contributed by atoms with Crippen molar-refractivity contribution in [1.29, 1.82) is 0 Å². The number of thiazole rings is 2. The lowest BCUT2D eigenvalue weighted by molar-refractivity contribution is 0.457. The van der Waals surface area contributed by atoms with Gasteiger partial charge in [-0.05, 0) is 64.5 Å². The van der Waals surface area contributed by atoms with Crippen LogP contribution in [0, 0.1) is 0 Å². The first-order chi connectivity index (χ1) is 13.7. The summed E-state index contributed by atoms with van der Waals surface area (Å²) in [7, 11) is 0. The summed E-state index contributed by atoms with van der Waals surface area (Å²) in [6.45, 7) is 5.36. The number of nitrogens with two attached hydrogens (primary N) is 1. The van der Waals surface area contributed by atoms with E-state index in [1.165, 1.54) is 34.0 Å². The van der Waals surface area contributed by atoms with Crippen molar-refractivity contribution in [3.05, 3.63) is 21.1 Å². The largest absolute Gasteiger partial charge is 0.375 e. The normalized spacial score (nSPS) is 21.3. The van der Waals surface area contributed by atoms with Crippen molar-refractivity contribution in [3.63, 3.8) is 0 Å². The van der Waals surface area contributed by atoms with Crippen molar-refractivity contribution < 1.29 is 0 Å². The Morgan fingerprint density at radius 1 is 0.929 bits per heavy atom. The summed E-state index contributed by atoms with van der Waals surface area (Å²) in [5.74, 6) is 0. The molecule has 0 bridgehead atoms. The molecule has 154 valence electrons. The molecule has 5 N–H and O–H groups in total. The summed E-state index contributed by atoms with van der Waals surface area (Å²) < 4.78 is 0. The molecule has 2 aromatic rings. The van der Waals surface area contributed by atoms with Gasteiger partial charge in [-0.3, -0.25) is 0 Å². The third-order valence-corrected chi connectivity index (χ3v) is 7.67. The summed E-state index contributed by atoms with van der Waals surface area (Å²) in [6, 6.07) is 1.20. The molecule has 4 rings (SSSR count). The fourth-order valence-electron chi connectivity index (χ4n) is 4.13. The van der Waals surface area contributed by atoms with Gasteiger partial charge in [-0.1, -0.05) is 6.92 Å². The van der Waals surface area contributed by atoms with Gasteiger partial charge in [0, 0.05) is 28.4 Å². The number of anilines is 2. The number of aromatic nitrogens is 2. The molecule has 2 aliphatic carbocycles. The minimum absolute atomic E-state index is 0.562. The van der Waals surface area contributed by atoms with Gasteiger partial charge in [0.1, 0.15) is 0 Å². The molecule has 0 radical (unpaired) electrons. The van der Waals surface area contributed by atoms with Gasteiger partial charge in [0.15, 0.2) is 10.3 Å². The van der Waals surface area contributed by atoms with E-state index in [0.717, 1.165) is 63.3 Å². The lowest BCUT2D eigenvalue weighted by Crippen LogP contribution is -2.35. The number of nitrogens with zero attached hydrogens (tertiary/aromatic N) is 2. The molecule has 6 nitrogen and oxygen atoms in total. The maximum absolute atomic E-state index is 5.83. The van der Waals surface area contributed by atoms with Crippen molar-refractivity contribution in [2.24, 2.45) is 0 Å². The van der Waals surface area contributed by atoms with Crippen LogP contribution in [0.1, 0.15) is 53.7 Å². The molecule has 2 unspecified atom stereocenters. The Balaban J connectivity index is 1.15. The van der Waals surface area contributed by atoms with E-state index in [9.17, 15) is 0 Å². The summed E-state index contributed by atoms with van der Waals surface area (Å²) in [5.41, 5.74) is 8.38. The predicted octanol–water partition coefficient (Wildman–Crippen LogP) is 2.99. The molecule has 2 atom stereocenters. The van der Waals surface area contributed by atoms with Crippen molar-refractivity contribution in [2.45, 2.75) is 70.4 Å². The molecule has 0 spiro atoms. The van der Waals surface area contributed by atoms with Crippen molar-refractivity contribution >= 4 is 32.9 Å². The third kappa shape index (κ3) is 5.03. The quantitative estimate of drug-likeness (QED) is 0.467. The summed E-state index contributed by atoms with van der Waals surface area (Å²) in [4.78, 5) is 12.1. The molecular formula is C20H32N6S2. The second-order valence-corrected chi connectivity index (χ2v) is 10.1. The lowest BCUT2D eigenvalue weighted by Gasteiger charge is -2.22. The van der Waals surface area contributed by atoms with Crippen molar-refractivity contribution in [1.82, 2.24) is 20.6 Å². The summed E-state index contributed by atoms with van der Waals surface area (Å²) >= 11 is 3.51. The zero-order chi connectivity index (χ0) is 19.3. The topological polar surface area (TPSA) is 87.9 Å². The molecule has 2 aromatic heterocycles. The van der Waals surface area contributed by atoms with E-state index in [4.69, 9.17) is 10.7 Å². The van der Waals surface area contributed by atoms with Crippen LogP contribution in [-0.4, -0.2) is 41.7 Å². The van der Waals surface area contributed by atoms with E-state index in [0.29, 0.717) is 17.2 Å². The van der Waals surface area contributed by atoms with Crippen LogP contribution in [-0.2, 0) is 25.7 Å². The zero-order valence-electron chi connectivity index (χ0n) is 16.7. The Hall–Kier alpha value is -1.22. The molecule has 2 heterocycles. The molecule has 2 aliphatic rings. The number of fused-ring (bicyclic) bond motifs is 2. The van der Waals surface area contributed by atoms with Crippen LogP contribution in [0.2, 0.25) is 0 Å². The van der Waals surface area contributed by atoms with Crippen LogP contribution >= 0.6 is 22.7 Å². The molecule has 0 saturated carbocycles. The zero-order valence-corrected chi connectivity index (χ0v) is 18.4. The molecule has 0 aliphatic heterocycles. The standard InChI is InChI=1S/C20H32N6S2/c1-2-8-22-13-5-7-16-18(12-13)28-20(26-16)24-10-3-9-23-14-4-6-15-17(11-14)27-19(21)25-15/h13-14,22-23H,2-12H2,1H3,(H2,21,25)(H,24,26). The highest BCUT2D eigenvalue weighted by Crippen LogP contribution is 2.30. The van der Waals surface area contributed by atoms with Crippen molar-refractivity contribution in [3.8, 4) is 0 Å². The molecule has 0 fully saturated rings. The van der Waals surface area contributed by atoms with Gasteiger partial charge >= 0.3 is 0 Å². The van der Waals surface area contributed by atoms with Gasteiger partial charge < -0.3 is 21.7 Å². The van der Waals surface area contributed by atoms with Crippen LogP contribution in [0.25, 0.3) is 0 Å². The Morgan fingerprint density at radius 2 is 1.61 bits per heavy atom. The second-order valence-electron chi connectivity index (χ2n) is 7.88. The van der Waals surface area contributed by atoms with Crippen LogP contribution in [0.5, 0.6) is 0 Å². The maximum atomic E-state index is 5.83. The smallest absolute Gasteiger partial charge is 0.183 e. The molecule has 8 heteroatoms. The number of hydrogen-bond donors (Lipinski definition) is 4. The molecular weight excluding hydrogens is 388 g/mol. The van der Waals surface area contributed by atoms with Gasteiger partial charge in [-0.2, -0.15) is 0 Å². The number of nitrogen functional groups attached to an aromatic ring is 1. The highest BCUT2D eigenvalue weighted by molar-refractivity contribution is 7.15. The number of aryl methyl sites for hydroxylation is 2. The van der Waals surface area contributed by atoms with Gasteiger partial charge in [-0.25, -0.2) is 9.97 Å². The highest BCUT2D eigenvalue weighted by atomic mass is 32.1. The first-order valence-electron chi connectivity index (χ1n) is 10.6. The third-order valence-electron chi connectivity index (χ3n) is 5.64. The molecule has 0 aromatic carbocycles. The number of rotatable bonds is 9. The Labute approximate surface area is 175 Å². The van der Waals surface area contributed by atoms with E-state index in [1.807, 2.05) is 11.3 Å². The first-order valence-corrected chi connectivity index (χ1v) is 12.3. The van der Waals surface area contributed by atoms with Crippen LogP contribution in [0.3, 0.4) is 0 Å². The van der Waals surface area contributed by atoms with Crippen LogP contribution in [0.4, 0.5) is 10.3 Å². The monoisotopic (exact) mass is 420 g/mol. The number of nitrogens with one attached hydrogen (secondary N) is 3. The van der Waals surface area contributed by atoms with E-state index in [1.54, 1.807) is 11.3 Å². The van der Waals surface area contributed by atoms with E-state index in [-0.39, 0.29) is 0 Å². The van der Waals surface area contributed by atoms with Gasteiger partial charge in [-0.15, -0.1) is 22.7 Å². The van der Waals surface area contributed by atoms with Crippen LogP contribution in [0.15, 0.2) is 0 Å². The first kappa shape index (κ1) is 20.1. The summed E-state index contributed by atoms with van der Waals surface area (Å²) in [6.07, 6.45) is 9.07. The Kier molecular flexibility index (Phi) is 6.82. The molecule has 0 amide bonds. The van der Waals surface area contributed by atoms with E-state index < -0.39 is 0 Å². The van der Waals surface area contributed by atoms with Gasteiger partial charge in [0.05, 0.1) is 11.4 Å². The average Bonchev–Trinajstić information content (AvgIpc) is 3.27. The SMILES string of the molecule is CCCNC1CCc2nc(NCCCNC3CCc4nc(N)sc4C3)sc2C1. The minimum atomic E-state index is 0.562. The van der Waals surface area contributed by atoms with E-state index in [2.05, 4.69) is 27.9 Å². The maximum Gasteiger partial charge on any atom is 0.183 e. The minimum Gasteiger partial charge on any atom is -0.375 e. The summed E-state index contributed by atoms with van der Waals surface area (Å²) in [5, 5.41) is 12.7. The van der Waals surface area contributed by atoms with Gasteiger partial charge in [0.2, 0.25) is 0 Å². The fourth-order valence-corrected chi connectivity index (χ4v) is 6.20. The molecule has 28 heavy (non-hydrogen) atoms. The van der Waals surface area contributed by atoms with Gasteiger partial charge in [0.25, 0.3) is 0 Å². The predicted molar refractivity (Wildman–Crippen MR) is 120 cm³/mol. The van der Waals surface area contributed by atoms with Crippen LogP contribution < -0.4 is 21.7 Å². The van der Waals surface area contributed by atoms with Crippen molar-refractivity contribution in [2.75, 3.05) is 30.7 Å². The molecule has 0 saturated heterocycles. The fraction of sp³-hybridized carbons (Fsp3) is 0.700. The Morgan fingerprint density at radius 3 is 2.36 bits per heavy atom. The van der Waals surface area contributed by atoms with E-state index >= 15 is 0 Å². The second kappa shape index (κ2) is 9.52. The average molecular weight is 421 g/mol. The highest BCUT2D eigenvalue weighted by Gasteiger charge is 2.23.